The lowest BCUT2D eigenvalue weighted by Crippen LogP contribution is -2.04. The van der Waals surface area contributed by atoms with Gasteiger partial charge in [0.15, 0.2) is 0 Å². The zero-order valence-electron chi connectivity index (χ0n) is 10.3. The SMILES string of the molecule is c1ccc(OCCCCOc2cc3ccc2=3)cc1. The molecule has 1 aromatic rings. The molecule has 3 rings (SSSR count). The van der Waals surface area contributed by atoms with Crippen molar-refractivity contribution in [3.8, 4) is 11.5 Å². The Balaban J connectivity index is 1.29. The Morgan fingerprint density at radius 2 is 1.56 bits per heavy atom. The Kier molecular flexibility index (Phi) is 3.18. The molecule has 2 nitrogen and oxygen atoms in total. The van der Waals surface area contributed by atoms with Gasteiger partial charge in [-0.05, 0) is 36.3 Å². The van der Waals surface area contributed by atoms with Gasteiger partial charge in [0, 0.05) is 5.22 Å². The van der Waals surface area contributed by atoms with Crippen LogP contribution in [0, 0.1) is 10.4 Å². The highest BCUT2D eigenvalue weighted by molar-refractivity contribution is 5.38. The van der Waals surface area contributed by atoms with Gasteiger partial charge in [0.05, 0.1) is 13.2 Å². The minimum atomic E-state index is 0.750. The van der Waals surface area contributed by atoms with E-state index >= 15 is 0 Å². The van der Waals surface area contributed by atoms with Crippen LogP contribution in [0.1, 0.15) is 12.8 Å². The number of ether oxygens (including phenoxy) is 2. The van der Waals surface area contributed by atoms with E-state index in [9.17, 15) is 0 Å². The molecule has 1 aromatic carbocycles. The minimum absolute atomic E-state index is 0.750. The predicted molar refractivity (Wildman–Crippen MR) is 70.8 cm³/mol. The van der Waals surface area contributed by atoms with Gasteiger partial charge in [-0.3, -0.25) is 0 Å². The molecular formula is C16H16O2. The molecular weight excluding hydrogens is 224 g/mol. The van der Waals surface area contributed by atoms with Crippen molar-refractivity contribution in [2.24, 2.45) is 0 Å². The molecule has 0 aromatic heterocycles. The van der Waals surface area contributed by atoms with E-state index < -0.39 is 0 Å². The molecule has 0 bridgehead atoms. The van der Waals surface area contributed by atoms with Crippen LogP contribution in [-0.2, 0) is 0 Å². The first-order valence-electron chi connectivity index (χ1n) is 6.38. The van der Waals surface area contributed by atoms with E-state index in [0.29, 0.717) is 0 Å². The Bertz CT molecular complexity index is 605. The second-order valence-electron chi connectivity index (χ2n) is 4.43. The molecule has 0 spiro atoms. The summed E-state index contributed by atoms with van der Waals surface area (Å²) in [5.41, 5.74) is 0. The van der Waals surface area contributed by atoms with Crippen molar-refractivity contribution in [3.05, 3.63) is 59.0 Å². The zero-order chi connectivity index (χ0) is 12.2. The fourth-order valence-electron chi connectivity index (χ4n) is 1.97. The monoisotopic (exact) mass is 240 g/mol. The maximum atomic E-state index is 5.66. The first kappa shape index (κ1) is 11.1. The molecule has 92 valence electrons. The third-order valence-corrected chi connectivity index (χ3v) is 3.10. The smallest absolute Gasteiger partial charge is 0.127 e. The van der Waals surface area contributed by atoms with Gasteiger partial charge in [-0.2, -0.15) is 0 Å². The third-order valence-electron chi connectivity index (χ3n) is 3.10. The zero-order valence-corrected chi connectivity index (χ0v) is 10.3. The van der Waals surface area contributed by atoms with Crippen LogP contribution in [0.5, 0.6) is 11.5 Å². The van der Waals surface area contributed by atoms with Crippen molar-refractivity contribution >= 4 is 0 Å². The van der Waals surface area contributed by atoms with Crippen LogP contribution in [0.25, 0.3) is 0 Å². The van der Waals surface area contributed by atoms with Crippen molar-refractivity contribution in [3.63, 3.8) is 0 Å². The largest absolute Gasteiger partial charge is 0.494 e. The Morgan fingerprint density at radius 3 is 2.17 bits per heavy atom. The highest BCUT2D eigenvalue weighted by Gasteiger charge is 2.06. The predicted octanol–water partition coefficient (Wildman–Crippen LogP) is 3.52. The number of hydrogen-bond donors (Lipinski definition) is 0. The summed E-state index contributed by atoms with van der Waals surface area (Å²) in [6.45, 7) is 1.52. The van der Waals surface area contributed by atoms with Crippen molar-refractivity contribution < 1.29 is 9.47 Å². The standard InChI is InChI=1S/C16H16O2/c1-2-6-14(7-3-1)17-10-4-5-11-18-16-12-13-8-9-15(13)16/h1-3,6-9,12H,4-5,10-11H2. The lowest BCUT2D eigenvalue weighted by molar-refractivity contribution is 0.264. The van der Waals surface area contributed by atoms with E-state index in [4.69, 9.17) is 9.47 Å². The van der Waals surface area contributed by atoms with E-state index in [2.05, 4.69) is 18.2 Å². The van der Waals surface area contributed by atoms with Gasteiger partial charge in [-0.25, -0.2) is 0 Å². The van der Waals surface area contributed by atoms with Gasteiger partial charge < -0.3 is 9.47 Å². The van der Waals surface area contributed by atoms with Crippen LogP contribution in [0.4, 0.5) is 0 Å². The first-order valence-corrected chi connectivity index (χ1v) is 6.38. The normalized spacial score (nSPS) is 11.1. The Hall–Kier alpha value is -1.96. The van der Waals surface area contributed by atoms with Gasteiger partial charge in [0.2, 0.25) is 0 Å². The summed E-state index contributed by atoms with van der Waals surface area (Å²) in [5, 5.41) is 2.62. The maximum absolute atomic E-state index is 5.66. The number of benzene rings is 2. The summed E-state index contributed by atoms with van der Waals surface area (Å²) < 4.78 is 11.3. The van der Waals surface area contributed by atoms with Crippen LogP contribution in [0.15, 0.2) is 48.5 Å². The molecule has 0 radical (unpaired) electrons. The summed E-state index contributed by atoms with van der Waals surface area (Å²) in [7, 11) is 0. The lowest BCUT2D eigenvalue weighted by Gasteiger charge is -2.13. The van der Waals surface area contributed by atoms with Crippen LogP contribution < -0.4 is 9.47 Å². The van der Waals surface area contributed by atoms with Gasteiger partial charge in [0.25, 0.3) is 0 Å². The van der Waals surface area contributed by atoms with Crippen molar-refractivity contribution in [2.45, 2.75) is 12.8 Å². The molecule has 2 aliphatic carbocycles. The average Bonchev–Trinajstić information content (AvgIpc) is 2.39. The molecule has 0 fully saturated rings. The van der Waals surface area contributed by atoms with Crippen molar-refractivity contribution in [2.75, 3.05) is 13.2 Å². The second-order valence-corrected chi connectivity index (χ2v) is 4.43. The number of para-hydroxylation sites is 1. The van der Waals surface area contributed by atoms with Crippen molar-refractivity contribution in [1.82, 2.24) is 0 Å². The van der Waals surface area contributed by atoms with Gasteiger partial charge in [0.1, 0.15) is 11.5 Å². The molecule has 0 amide bonds. The average molecular weight is 240 g/mol. The first-order chi connectivity index (χ1) is 8.93. The van der Waals surface area contributed by atoms with E-state index in [-0.39, 0.29) is 0 Å². The van der Waals surface area contributed by atoms with E-state index in [1.54, 1.807) is 0 Å². The van der Waals surface area contributed by atoms with Crippen LogP contribution in [0.2, 0.25) is 0 Å². The Labute approximate surface area is 106 Å². The fourth-order valence-corrected chi connectivity index (χ4v) is 1.97. The van der Waals surface area contributed by atoms with E-state index in [1.165, 1.54) is 10.4 Å². The summed E-state index contributed by atoms with van der Waals surface area (Å²) in [6, 6.07) is 16.2. The highest BCUT2D eigenvalue weighted by Crippen LogP contribution is 2.23. The highest BCUT2D eigenvalue weighted by atomic mass is 16.5. The topological polar surface area (TPSA) is 18.5 Å². The third kappa shape index (κ3) is 2.33. The lowest BCUT2D eigenvalue weighted by atomic mass is 10.1. The van der Waals surface area contributed by atoms with Crippen LogP contribution in [0.3, 0.4) is 0 Å². The minimum Gasteiger partial charge on any atom is -0.494 e. The van der Waals surface area contributed by atoms with Crippen LogP contribution in [-0.4, -0.2) is 13.2 Å². The van der Waals surface area contributed by atoms with Crippen molar-refractivity contribution in [1.29, 1.82) is 0 Å². The number of unbranched alkanes of at least 4 members (excludes halogenated alkanes) is 1. The maximum Gasteiger partial charge on any atom is 0.127 e. The summed E-state index contributed by atoms with van der Waals surface area (Å²) in [6.07, 6.45) is 2.04. The van der Waals surface area contributed by atoms with Gasteiger partial charge in [-0.15, -0.1) is 0 Å². The molecule has 0 saturated heterocycles. The second kappa shape index (κ2) is 5.13. The van der Waals surface area contributed by atoms with Gasteiger partial charge in [-0.1, -0.05) is 30.3 Å². The van der Waals surface area contributed by atoms with Gasteiger partial charge >= 0.3 is 0 Å². The summed E-state index contributed by atoms with van der Waals surface area (Å²) in [5.74, 6) is 1.99. The molecule has 0 saturated carbocycles. The molecule has 0 aliphatic heterocycles. The number of hydrogen-bond acceptors (Lipinski definition) is 2. The van der Waals surface area contributed by atoms with E-state index in [1.807, 2.05) is 30.3 Å². The molecule has 0 unspecified atom stereocenters. The number of rotatable bonds is 7. The summed E-state index contributed by atoms with van der Waals surface area (Å²) in [4.78, 5) is 0. The van der Waals surface area contributed by atoms with Crippen LogP contribution >= 0.6 is 0 Å². The molecule has 2 heteroatoms. The Morgan fingerprint density at radius 1 is 0.778 bits per heavy atom. The molecule has 18 heavy (non-hydrogen) atoms. The molecule has 0 heterocycles. The molecule has 0 atom stereocenters. The van der Waals surface area contributed by atoms with E-state index in [0.717, 1.165) is 37.6 Å². The molecule has 0 N–H and O–H groups in total. The fraction of sp³-hybridized carbons (Fsp3) is 0.250. The quantitative estimate of drug-likeness (QED) is 0.588. The summed E-state index contributed by atoms with van der Waals surface area (Å²) >= 11 is 0. The molecule has 2 aliphatic rings.